The number of aliphatic imine (C=N–C) groups is 1. The summed E-state index contributed by atoms with van der Waals surface area (Å²) in [5.74, 6) is 0. The number of nitrogens with one attached hydrogen (secondary N) is 1. The first-order valence-corrected chi connectivity index (χ1v) is 3.60. The number of nitrogens with zero attached hydrogens (tertiary/aromatic N) is 1. The molecule has 1 N–H and O–H groups in total. The smallest absolute Gasteiger partial charge is 0.0869 e. The van der Waals surface area contributed by atoms with Gasteiger partial charge >= 0.3 is 0 Å². The molecule has 1 rings (SSSR count). The monoisotopic (exact) mass is 168 g/mol. The molecule has 0 radical (unpaired) electrons. The van der Waals surface area contributed by atoms with Crippen LogP contribution >= 0.6 is 11.6 Å². The van der Waals surface area contributed by atoms with Crippen LogP contribution < -0.4 is 5.32 Å². The lowest BCUT2D eigenvalue weighted by Crippen LogP contribution is -1.88. The molecule has 0 aromatic heterocycles. The van der Waals surface area contributed by atoms with E-state index in [1.165, 1.54) is 0 Å². The van der Waals surface area contributed by atoms with E-state index in [4.69, 9.17) is 11.6 Å². The third kappa shape index (κ3) is 1.52. The molecule has 0 unspecified atom stereocenters. The zero-order valence-electron chi connectivity index (χ0n) is 6.26. The molecule has 0 fully saturated rings. The minimum atomic E-state index is 0.664. The van der Waals surface area contributed by atoms with Crippen molar-refractivity contribution < 1.29 is 0 Å². The van der Waals surface area contributed by atoms with E-state index in [0.29, 0.717) is 5.02 Å². The van der Waals surface area contributed by atoms with E-state index in [1.807, 2.05) is 18.2 Å². The number of anilines is 1. The lowest BCUT2D eigenvalue weighted by atomic mass is 10.3. The Hall–Kier alpha value is -1.02. The molecule has 0 saturated heterocycles. The van der Waals surface area contributed by atoms with Gasteiger partial charge in [0.2, 0.25) is 0 Å². The average molecular weight is 169 g/mol. The van der Waals surface area contributed by atoms with Gasteiger partial charge in [-0.15, -0.1) is 0 Å². The fourth-order valence-electron chi connectivity index (χ4n) is 0.892. The van der Waals surface area contributed by atoms with Gasteiger partial charge in [0.15, 0.2) is 0 Å². The van der Waals surface area contributed by atoms with Gasteiger partial charge in [-0.3, -0.25) is 4.99 Å². The summed E-state index contributed by atoms with van der Waals surface area (Å²) in [4.78, 5) is 3.81. The van der Waals surface area contributed by atoms with Crippen molar-refractivity contribution in [2.75, 3.05) is 12.4 Å². The van der Waals surface area contributed by atoms with Gasteiger partial charge in [-0.2, -0.15) is 0 Å². The maximum absolute atomic E-state index is 5.86. The Morgan fingerprint density at radius 1 is 1.55 bits per heavy atom. The second kappa shape index (κ2) is 3.39. The molecular weight excluding hydrogens is 160 g/mol. The average Bonchev–Trinajstić information content (AvgIpc) is 2.04. The molecule has 1 aromatic carbocycles. The van der Waals surface area contributed by atoms with Crippen molar-refractivity contribution in [2.45, 2.75) is 0 Å². The van der Waals surface area contributed by atoms with Crippen molar-refractivity contribution in [3.8, 4) is 0 Å². The molecule has 1 aromatic rings. The SMILES string of the molecule is C=Nc1cccc(Cl)c1NC. The molecule has 0 bridgehead atoms. The lowest BCUT2D eigenvalue weighted by molar-refractivity contribution is 1.46. The highest BCUT2D eigenvalue weighted by Crippen LogP contribution is 2.31. The number of benzene rings is 1. The van der Waals surface area contributed by atoms with E-state index in [9.17, 15) is 0 Å². The van der Waals surface area contributed by atoms with Gasteiger partial charge < -0.3 is 5.32 Å². The van der Waals surface area contributed by atoms with Crippen molar-refractivity contribution in [1.29, 1.82) is 0 Å². The summed E-state index contributed by atoms with van der Waals surface area (Å²) >= 11 is 5.86. The van der Waals surface area contributed by atoms with Gasteiger partial charge in [0, 0.05) is 7.05 Å². The van der Waals surface area contributed by atoms with Crippen molar-refractivity contribution in [3.63, 3.8) is 0 Å². The van der Waals surface area contributed by atoms with Crippen LogP contribution in [0.25, 0.3) is 0 Å². The molecule has 0 aliphatic rings. The van der Waals surface area contributed by atoms with Crippen LogP contribution in [0.15, 0.2) is 23.2 Å². The Morgan fingerprint density at radius 2 is 2.27 bits per heavy atom. The maximum atomic E-state index is 5.86. The van der Waals surface area contributed by atoms with E-state index in [-0.39, 0.29) is 0 Å². The van der Waals surface area contributed by atoms with Gasteiger partial charge in [-0.05, 0) is 18.9 Å². The van der Waals surface area contributed by atoms with Crippen LogP contribution in [-0.2, 0) is 0 Å². The summed E-state index contributed by atoms with van der Waals surface area (Å²) in [7, 11) is 1.80. The van der Waals surface area contributed by atoms with Crippen LogP contribution in [0.2, 0.25) is 5.02 Å². The Balaban J connectivity index is 3.23. The van der Waals surface area contributed by atoms with Gasteiger partial charge in [-0.1, -0.05) is 17.7 Å². The summed E-state index contributed by atoms with van der Waals surface area (Å²) in [5, 5.41) is 3.61. The number of rotatable bonds is 2. The summed E-state index contributed by atoms with van der Waals surface area (Å²) < 4.78 is 0. The van der Waals surface area contributed by atoms with Crippen LogP contribution in [0.5, 0.6) is 0 Å². The second-order valence-electron chi connectivity index (χ2n) is 2.04. The Kier molecular flexibility index (Phi) is 2.49. The van der Waals surface area contributed by atoms with Crippen molar-refractivity contribution in [3.05, 3.63) is 23.2 Å². The van der Waals surface area contributed by atoms with Crippen LogP contribution in [0.3, 0.4) is 0 Å². The predicted octanol–water partition coefficient (Wildman–Crippen LogP) is 2.71. The summed E-state index contributed by atoms with van der Waals surface area (Å²) in [6.07, 6.45) is 0. The summed E-state index contributed by atoms with van der Waals surface area (Å²) in [6, 6.07) is 5.50. The first kappa shape index (κ1) is 8.08. The normalized spacial score (nSPS) is 9.27. The third-order valence-electron chi connectivity index (χ3n) is 1.41. The van der Waals surface area contributed by atoms with Crippen LogP contribution in [0.4, 0.5) is 11.4 Å². The van der Waals surface area contributed by atoms with E-state index in [1.54, 1.807) is 7.05 Å². The first-order chi connectivity index (χ1) is 5.29. The summed E-state index contributed by atoms with van der Waals surface area (Å²) in [5.41, 5.74) is 1.60. The fraction of sp³-hybridized carbons (Fsp3) is 0.125. The molecule has 0 aliphatic carbocycles. The van der Waals surface area contributed by atoms with Crippen molar-refractivity contribution >= 4 is 29.7 Å². The third-order valence-corrected chi connectivity index (χ3v) is 1.73. The number of hydrogen-bond donors (Lipinski definition) is 1. The van der Waals surface area contributed by atoms with Crippen LogP contribution in [0, 0.1) is 0 Å². The molecule has 3 heteroatoms. The van der Waals surface area contributed by atoms with E-state index in [0.717, 1.165) is 11.4 Å². The predicted molar refractivity (Wildman–Crippen MR) is 50.2 cm³/mol. The highest BCUT2D eigenvalue weighted by atomic mass is 35.5. The zero-order valence-corrected chi connectivity index (χ0v) is 7.02. The van der Waals surface area contributed by atoms with Gasteiger partial charge in [-0.25, -0.2) is 0 Å². The molecule has 0 aliphatic heterocycles. The fourth-order valence-corrected chi connectivity index (χ4v) is 1.16. The number of para-hydroxylation sites is 1. The maximum Gasteiger partial charge on any atom is 0.0869 e. The minimum Gasteiger partial charge on any atom is -0.385 e. The van der Waals surface area contributed by atoms with Gasteiger partial charge in [0.1, 0.15) is 0 Å². The lowest BCUT2D eigenvalue weighted by Gasteiger charge is -2.05. The molecular formula is C8H9ClN2. The highest BCUT2D eigenvalue weighted by Gasteiger charge is 2.01. The zero-order chi connectivity index (χ0) is 8.27. The Labute approximate surface area is 70.9 Å². The van der Waals surface area contributed by atoms with Crippen LogP contribution in [0.1, 0.15) is 0 Å². The minimum absolute atomic E-state index is 0.664. The number of halogens is 1. The van der Waals surface area contributed by atoms with Crippen LogP contribution in [-0.4, -0.2) is 13.8 Å². The molecule has 0 spiro atoms. The topological polar surface area (TPSA) is 24.4 Å². The molecule has 0 heterocycles. The molecule has 0 atom stereocenters. The standard InChI is InChI=1S/C8H9ClN2/c1-10-7-5-3-4-6(9)8(7)11-2/h3-5,11H,1H2,2H3. The van der Waals surface area contributed by atoms with Crippen molar-refractivity contribution in [2.24, 2.45) is 4.99 Å². The first-order valence-electron chi connectivity index (χ1n) is 3.22. The highest BCUT2D eigenvalue weighted by molar-refractivity contribution is 6.33. The molecule has 2 nitrogen and oxygen atoms in total. The summed E-state index contributed by atoms with van der Waals surface area (Å²) in [6.45, 7) is 3.43. The van der Waals surface area contributed by atoms with E-state index >= 15 is 0 Å². The number of hydrogen-bond acceptors (Lipinski definition) is 2. The quantitative estimate of drug-likeness (QED) is 0.675. The Bertz CT molecular complexity index is 271. The van der Waals surface area contributed by atoms with Crippen molar-refractivity contribution in [1.82, 2.24) is 0 Å². The molecule has 0 saturated carbocycles. The molecule has 0 amide bonds. The second-order valence-corrected chi connectivity index (χ2v) is 2.45. The van der Waals surface area contributed by atoms with Gasteiger partial charge in [0.25, 0.3) is 0 Å². The molecule has 11 heavy (non-hydrogen) atoms. The van der Waals surface area contributed by atoms with E-state index < -0.39 is 0 Å². The van der Waals surface area contributed by atoms with Gasteiger partial charge in [0.05, 0.1) is 16.4 Å². The van der Waals surface area contributed by atoms with E-state index in [2.05, 4.69) is 17.0 Å². The Morgan fingerprint density at radius 3 is 2.73 bits per heavy atom. The largest absolute Gasteiger partial charge is 0.385 e. The molecule has 58 valence electrons.